The van der Waals surface area contributed by atoms with Gasteiger partial charge in [-0.25, -0.2) is 0 Å². The Balaban J connectivity index is 2.47. The van der Waals surface area contributed by atoms with Crippen molar-refractivity contribution < 1.29 is 23.1 Å². The monoisotopic (exact) mass is 253 g/mol. The third-order valence-corrected chi connectivity index (χ3v) is 3.20. The minimum absolute atomic E-state index is 0.00661. The van der Waals surface area contributed by atoms with E-state index < -0.39 is 24.6 Å². The molecular formula is C11H18F3NO2. The average molecular weight is 253 g/mol. The van der Waals surface area contributed by atoms with Gasteiger partial charge in [0.1, 0.15) is 6.04 Å². The van der Waals surface area contributed by atoms with Crippen LogP contribution in [0.2, 0.25) is 0 Å². The zero-order chi connectivity index (χ0) is 13.1. The molecule has 0 aliphatic carbocycles. The molecule has 17 heavy (non-hydrogen) atoms. The molecule has 1 fully saturated rings. The number of carboxylic acid groups (broad SMARTS) is 1. The van der Waals surface area contributed by atoms with Crippen molar-refractivity contribution in [1.82, 2.24) is 4.90 Å². The number of aliphatic carboxylic acids is 1. The quantitative estimate of drug-likeness (QED) is 0.837. The Morgan fingerprint density at radius 1 is 1.47 bits per heavy atom. The summed E-state index contributed by atoms with van der Waals surface area (Å²) in [7, 11) is 0. The van der Waals surface area contributed by atoms with Crippen molar-refractivity contribution in [2.24, 2.45) is 5.92 Å². The lowest BCUT2D eigenvalue weighted by molar-refractivity contribution is -0.148. The van der Waals surface area contributed by atoms with Crippen LogP contribution in [-0.4, -0.2) is 41.3 Å². The lowest BCUT2D eigenvalue weighted by atomic mass is 9.90. The molecule has 0 aromatic carbocycles. The van der Waals surface area contributed by atoms with Gasteiger partial charge in [-0.05, 0) is 38.3 Å². The van der Waals surface area contributed by atoms with E-state index in [-0.39, 0.29) is 18.9 Å². The Kier molecular flexibility index (Phi) is 4.80. The van der Waals surface area contributed by atoms with Gasteiger partial charge in [0.25, 0.3) is 0 Å². The molecule has 3 nitrogen and oxygen atoms in total. The molecule has 0 aromatic rings. The Morgan fingerprint density at radius 2 is 2.12 bits per heavy atom. The minimum atomic E-state index is -4.15. The number of hydrogen-bond acceptors (Lipinski definition) is 2. The summed E-state index contributed by atoms with van der Waals surface area (Å²) in [6, 6.07) is -0.628. The molecule has 1 heterocycles. The normalized spacial score (nSPS) is 27.1. The molecule has 0 saturated carbocycles. The van der Waals surface area contributed by atoms with E-state index in [2.05, 4.69) is 0 Å². The maximum Gasteiger partial charge on any atom is 0.389 e. The highest BCUT2D eigenvalue weighted by molar-refractivity contribution is 5.74. The van der Waals surface area contributed by atoms with Gasteiger partial charge in [0, 0.05) is 6.42 Å². The summed E-state index contributed by atoms with van der Waals surface area (Å²) < 4.78 is 36.0. The van der Waals surface area contributed by atoms with E-state index in [0.717, 1.165) is 12.8 Å². The van der Waals surface area contributed by atoms with Crippen molar-refractivity contribution in [3.63, 3.8) is 0 Å². The summed E-state index contributed by atoms with van der Waals surface area (Å²) in [5.41, 5.74) is 0. The number of nitrogens with zero attached hydrogens (tertiary/aromatic N) is 1. The predicted molar refractivity (Wildman–Crippen MR) is 56.7 cm³/mol. The van der Waals surface area contributed by atoms with Gasteiger partial charge in [0.15, 0.2) is 0 Å². The molecule has 100 valence electrons. The Bertz CT molecular complexity index is 268. The molecular weight excluding hydrogens is 235 g/mol. The van der Waals surface area contributed by atoms with Gasteiger partial charge in [-0.15, -0.1) is 0 Å². The second-order valence-electron chi connectivity index (χ2n) is 4.66. The van der Waals surface area contributed by atoms with Crippen LogP contribution in [0.5, 0.6) is 0 Å². The first-order valence-corrected chi connectivity index (χ1v) is 5.85. The molecule has 0 aromatic heterocycles. The highest BCUT2D eigenvalue weighted by Crippen LogP contribution is 2.26. The molecule has 1 aliphatic heterocycles. The molecule has 2 atom stereocenters. The first-order chi connectivity index (χ1) is 7.81. The number of hydrogen-bond donors (Lipinski definition) is 1. The van der Waals surface area contributed by atoms with Crippen molar-refractivity contribution in [3.8, 4) is 0 Å². The SMILES string of the molecule is CC1CCCN(CCCC(F)(F)F)C1C(=O)O. The number of carbonyl (C=O) groups is 1. The summed E-state index contributed by atoms with van der Waals surface area (Å²) in [6.45, 7) is 2.63. The second-order valence-corrected chi connectivity index (χ2v) is 4.66. The maximum atomic E-state index is 12.0. The molecule has 0 radical (unpaired) electrons. The van der Waals surface area contributed by atoms with Gasteiger partial charge >= 0.3 is 12.1 Å². The molecule has 0 spiro atoms. The van der Waals surface area contributed by atoms with E-state index in [0.29, 0.717) is 6.54 Å². The number of alkyl halides is 3. The largest absolute Gasteiger partial charge is 0.480 e. The zero-order valence-corrected chi connectivity index (χ0v) is 9.83. The van der Waals surface area contributed by atoms with Gasteiger partial charge < -0.3 is 5.11 Å². The summed E-state index contributed by atoms with van der Waals surface area (Å²) >= 11 is 0. The van der Waals surface area contributed by atoms with Crippen molar-refractivity contribution in [2.75, 3.05) is 13.1 Å². The van der Waals surface area contributed by atoms with Gasteiger partial charge in [-0.1, -0.05) is 6.92 Å². The molecule has 1 saturated heterocycles. The van der Waals surface area contributed by atoms with E-state index in [1.54, 1.807) is 4.90 Å². The Morgan fingerprint density at radius 3 is 2.65 bits per heavy atom. The van der Waals surface area contributed by atoms with E-state index >= 15 is 0 Å². The first-order valence-electron chi connectivity index (χ1n) is 5.85. The number of rotatable bonds is 4. The molecule has 1 N–H and O–H groups in total. The molecule has 6 heteroatoms. The highest BCUT2D eigenvalue weighted by Gasteiger charge is 2.34. The molecule has 1 rings (SSSR count). The fourth-order valence-corrected chi connectivity index (χ4v) is 2.41. The number of halogens is 3. The third-order valence-electron chi connectivity index (χ3n) is 3.20. The minimum Gasteiger partial charge on any atom is -0.480 e. The van der Waals surface area contributed by atoms with Gasteiger partial charge in [0.05, 0.1) is 0 Å². The highest BCUT2D eigenvalue weighted by atomic mass is 19.4. The van der Waals surface area contributed by atoms with E-state index in [1.807, 2.05) is 6.92 Å². The average Bonchev–Trinajstić information content (AvgIpc) is 2.14. The van der Waals surface area contributed by atoms with E-state index in [9.17, 15) is 18.0 Å². The summed E-state index contributed by atoms with van der Waals surface area (Å²) in [4.78, 5) is 12.7. The second kappa shape index (κ2) is 5.71. The fraction of sp³-hybridized carbons (Fsp3) is 0.909. The lowest BCUT2D eigenvalue weighted by Crippen LogP contribution is -2.49. The standard InChI is InChI=1S/C11H18F3NO2/c1-8-4-2-6-15(9(8)10(16)17)7-3-5-11(12,13)14/h8-9H,2-7H2,1H3,(H,16,17). The summed E-state index contributed by atoms with van der Waals surface area (Å²) in [5, 5.41) is 9.07. The van der Waals surface area contributed by atoms with E-state index in [4.69, 9.17) is 5.11 Å². The zero-order valence-electron chi connectivity index (χ0n) is 9.83. The van der Waals surface area contributed by atoms with Crippen LogP contribution in [0.3, 0.4) is 0 Å². The van der Waals surface area contributed by atoms with E-state index in [1.165, 1.54) is 0 Å². The topological polar surface area (TPSA) is 40.5 Å². The van der Waals surface area contributed by atoms with Crippen molar-refractivity contribution in [3.05, 3.63) is 0 Å². The summed E-state index contributed by atoms with van der Waals surface area (Å²) in [6.07, 6.45) is -3.34. The molecule has 0 bridgehead atoms. The van der Waals surface area contributed by atoms with Crippen LogP contribution in [0.4, 0.5) is 13.2 Å². The summed E-state index contributed by atoms with van der Waals surface area (Å²) in [5.74, 6) is -0.920. The Hall–Kier alpha value is -0.780. The smallest absolute Gasteiger partial charge is 0.389 e. The van der Waals surface area contributed by atoms with Crippen LogP contribution in [0, 0.1) is 5.92 Å². The van der Waals surface area contributed by atoms with Crippen LogP contribution < -0.4 is 0 Å². The number of likely N-dealkylation sites (tertiary alicyclic amines) is 1. The van der Waals surface area contributed by atoms with Crippen molar-refractivity contribution in [1.29, 1.82) is 0 Å². The van der Waals surface area contributed by atoms with Gasteiger partial charge in [-0.3, -0.25) is 9.69 Å². The van der Waals surface area contributed by atoms with Crippen LogP contribution in [0.15, 0.2) is 0 Å². The number of carboxylic acids is 1. The van der Waals surface area contributed by atoms with Gasteiger partial charge in [-0.2, -0.15) is 13.2 Å². The van der Waals surface area contributed by atoms with Crippen LogP contribution in [0.1, 0.15) is 32.6 Å². The third kappa shape index (κ3) is 4.53. The maximum absolute atomic E-state index is 12.0. The molecule has 1 aliphatic rings. The first kappa shape index (κ1) is 14.3. The van der Waals surface area contributed by atoms with Gasteiger partial charge in [0.2, 0.25) is 0 Å². The van der Waals surface area contributed by atoms with Crippen molar-refractivity contribution in [2.45, 2.75) is 44.8 Å². The predicted octanol–water partition coefficient (Wildman–Crippen LogP) is 2.51. The lowest BCUT2D eigenvalue weighted by Gasteiger charge is -2.37. The molecule has 2 unspecified atom stereocenters. The van der Waals surface area contributed by atoms with Crippen molar-refractivity contribution >= 4 is 5.97 Å². The number of piperidine rings is 1. The fourth-order valence-electron chi connectivity index (χ4n) is 2.41. The molecule has 0 amide bonds. The van der Waals surface area contributed by atoms with Crippen LogP contribution in [0.25, 0.3) is 0 Å². The van der Waals surface area contributed by atoms with Crippen LogP contribution >= 0.6 is 0 Å². The van der Waals surface area contributed by atoms with Crippen LogP contribution in [-0.2, 0) is 4.79 Å². The Labute approximate surface area is 98.6 Å².